The summed E-state index contributed by atoms with van der Waals surface area (Å²) in [6.07, 6.45) is 19.3. The van der Waals surface area contributed by atoms with Crippen molar-refractivity contribution in [2.75, 3.05) is 40.4 Å². The number of carbonyl (C=O) groups excluding carboxylic acids is 2. The van der Waals surface area contributed by atoms with E-state index in [2.05, 4.69) is 19.8 Å². The predicted molar refractivity (Wildman–Crippen MR) is 211 cm³/mol. The summed E-state index contributed by atoms with van der Waals surface area (Å²) < 4.78 is 12.6. The Morgan fingerprint density at radius 1 is 0.611 bits per heavy atom. The Morgan fingerprint density at radius 3 is 1.24 bits per heavy atom. The maximum absolute atomic E-state index is 11.6. The lowest BCUT2D eigenvalue weighted by Gasteiger charge is -2.56. The molecule has 54 heavy (non-hydrogen) atoms. The second-order valence-electron chi connectivity index (χ2n) is 17.9. The first kappa shape index (κ1) is 39.9. The molecular formula is C42H60Cl2N6O4. The molecule has 6 unspecified atom stereocenters. The van der Waals surface area contributed by atoms with Gasteiger partial charge in [-0.2, -0.15) is 0 Å². The summed E-state index contributed by atoms with van der Waals surface area (Å²) in [6.45, 7) is 4.46. The lowest BCUT2D eigenvalue weighted by atomic mass is 9.62. The van der Waals surface area contributed by atoms with Gasteiger partial charge in [0.05, 0.1) is 0 Å². The molecule has 2 amide bonds. The van der Waals surface area contributed by atoms with Crippen molar-refractivity contribution in [2.24, 2.45) is 58.8 Å². The highest BCUT2D eigenvalue weighted by atomic mass is 35.5. The Morgan fingerprint density at radius 2 is 0.944 bits per heavy atom. The van der Waals surface area contributed by atoms with Crippen molar-refractivity contribution in [2.45, 2.75) is 100 Å². The predicted octanol–water partition coefficient (Wildman–Crippen LogP) is 5.95. The van der Waals surface area contributed by atoms with E-state index in [-0.39, 0.29) is 36.0 Å². The van der Waals surface area contributed by atoms with Crippen LogP contribution < -0.4 is 11.5 Å². The monoisotopic (exact) mass is 782 g/mol. The SMILES string of the molecule is COC1(c2ccnc(C(N)=O)c2)C2CCCC1CN(C1C[C@@H]3C[C@@H]3C1)C2.COC1(c2ccnc(C(N)=O)c2)C2CCCC1CN(C1C[C@@H]3C[C@@H]3C1)C2.Cl.Cl. The average molecular weight is 784 g/mol. The van der Waals surface area contributed by atoms with Crippen LogP contribution in [0.1, 0.15) is 109 Å². The Bertz CT molecular complexity index is 1530. The van der Waals surface area contributed by atoms with Gasteiger partial charge in [-0.25, -0.2) is 0 Å². The van der Waals surface area contributed by atoms with E-state index in [1.165, 1.54) is 77.0 Å². The Labute approximate surface area is 333 Å². The first-order valence-electron chi connectivity index (χ1n) is 20.3. The van der Waals surface area contributed by atoms with Crippen LogP contribution in [0.2, 0.25) is 0 Å². The topological polar surface area (TPSA) is 137 Å². The standard InChI is InChI=1S/2C21H29N3O2.2ClH/c2*1-26-21(15-5-6-23-19(10-15)20(22)25)16-3-2-4-17(21)12-24(11-16)18-8-13-7-14(13)9-18;;/h2*5-6,10,13-14,16-18H,2-4,7-9,11-12H2,1H3,(H2,22,25);2*1H/t2*13-,14+,16?,17?,18?,21?;;. The zero-order valence-electron chi connectivity index (χ0n) is 31.9. The van der Waals surface area contributed by atoms with Crippen LogP contribution in [0.25, 0.3) is 0 Å². The minimum Gasteiger partial charge on any atom is -0.373 e. The van der Waals surface area contributed by atoms with E-state index in [0.717, 1.165) is 73.1 Å². The van der Waals surface area contributed by atoms with Crippen molar-refractivity contribution in [3.8, 4) is 0 Å². The number of fused-ring (bicyclic) bond motifs is 6. The molecule has 8 fully saturated rings. The third-order valence-electron chi connectivity index (χ3n) is 15.5. The molecule has 4 bridgehead atoms. The zero-order chi connectivity index (χ0) is 35.8. The lowest BCUT2D eigenvalue weighted by molar-refractivity contribution is -0.174. The molecule has 4 N–H and O–H groups in total. The van der Waals surface area contributed by atoms with Crippen LogP contribution in [0, 0.1) is 47.3 Å². The molecule has 2 saturated heterocycles. The number of nitrogens with two attached hydrogens (primary N) is 2. The van der Waals surface area contributed by atoms with Crippen LogP contribution in [-0.2, 0) is 20.7 Å². The minimum absolute atomic E-state index is 0. The lowest BCUT2D eigenvalue weighted by Crippen LogP contribution is -2.60. The smallest absolute Gasteiger partial charge is 0.267 e. The van der Waals surface area contributed by atoms with Gasteiger partial charge in [-0.3, -0.25) is 29.4 Å². The highest BCUT2D eigenvalue weighted by Crippen LogP contribution is 2.58. The molecule has 2 aromatic rings. The number of carbonyl (C=O) groups is 2. The van der Waals surface area contributed by atoms with Gasteiger partial charge in [-0.05, 0) is 123 Å². The van der Waals surface area contributed by atoms with Gasteiger partial charge in [-0.1, -0.05) is 12.8 Å². The van der Waals surface area contributed by atoms with Gasteiger partial charge in [0.25, 0.3) is 11.8 Å². The molecule has 0 radical (unpaired) electrons. The van der Waals surface area contributed by atoms with E-state index >= 15 is 0 Å². The van der Waals surface area contributed by atoms with E-state index < -0.39 is 11.8 Å². The maximum atomic E-state index is 11.6. The van der Waals surface area contributed by atoms with Crippen molar-refractivity contribution in [1.29, 1.82) is 0 Å². The number of methoxy groups -OCH3 is 2. The number of aromatic nitrogens is 2. The summed E-state index contributed by atoms with van der Waals surface area (Å²) in [5.41, 5.74) is 13.2. The first-order chi connectivity index (χ1) is 25.2. The number of primary amides is 2. The second-order valence-corrected chi connectivity index (χ2v) is 17.9. The van der Waals surface area contributed by atoms with Crippen molar-refractivity contribution in [3.63, 3.8) is 0 Å². The van der Waals surface area contributed by atoms with Crippen LogP contribution in [0.4, 0.5) is 0 Å². The number of likely N-dealkylation sites (tertiary alicyclic amines) is 2. The number of rotatable bonds is 8. The summed E-state index contributed by atoms with van der Waals surface area (Å²) in [5, 5.41) is 0. The molecule has 0 aromatic carbocycles. The highest BCUT2D eigenvalue weighted by Gasteiger charge is 2.58. The number of pyridine rings is 2. The highest BCUT2D eigenvalue weighted by molar-refractivity contribution is 5.91. The second kappa shape index (κ2) is 15.5. The van der Waals surface area contributed by atoms with Crippen molar-refractivity contribution in [3.05, 3.63) is 59.2 Å². The number of halogens is 2. The summed E-state index contributed by atoms with van der Waals surface area (Å²) in [4.78, 5) is 37.1. The van der Waals surface area contributed by atoms with E-state index in [9.17, 15) is 9.59 Å². The molecule has 10 rings (SSSR count). The summed E-state index contributed by atoms with van der Waals surface area (Å²) in [6, 6.07) is 9.38. The molecule has 12 heteroatoms. The fraction of sp³-hybridized carbons (Fsp3) is 0.714. The maximum Gasteiger partial charge on any atom is 0.267 e. The zero-order valence-corrected chi connectivity index (χ0v) is 33.6. The minimum atomic E-state index is -0.467. The number of ether oxygens (including phenoxy) is 2. The van der Waals surface area contributed by atoms with E-state index in [0.29, 0.717) is 35.1 Å². The number of nitrogens with zero attached hydrogens (tertiary/aromatic N) is 4. The summed E-state index contributed by atoms with van der Waals surface area (Å²) >= 11 is 0. The van der Waals surface area contributed by atoms with Gasteiger partial charge in [0.1, 0.15) is 22.6 Å². The van der Waals surface area contributed by atoms with Crippen molar-refractivity contribution >= 4 is 36.6 Å². The van der Waals surface area contributed by atoms with Gasteiger partial charge < -0.3 is 20.9 Å². The first-order valence-corrected chi connectivity index (χ1v) is 20.3. The van der Waals surface area contributed by atoms with Crippen LogP contribution in [0.15, 0.2) is 36.7 Å². The fourth-order valence-electron chi connectivity index (χ4n) is 13.0. The third kappa shape index (κ3) is 6.78. The molecule has 4 heterocycles. The van der Waals surface area contributed by atoms with Gasteiger partial charge in [0.15, 0.2) is 0 Å². The molecule has 2 aromatic heterocycles. The third-order valence-corrected chi connectivity index (χ3v) is 15.5. The van der Waals surface area contributed by atoms with Gasteiger partial charge >= 0.3 is 0 Å². The molecule has 10 atom stereocenters. The molecular weight excluding hydrogens is 723 g/mol. The van der Waals surface area contributed by atoms with Crippen LogP contribution >= 0.6 is 24.8 Å². The number of piperidine rings is 2. The van der Waals surface area contributed by atoms with E-state index in [4.69, 9.17) is 20.9 Å². The molecule has 6 aliphatic carbocycles. The van der Waals surface area contributed by atoms with Crippen molar-refractivity contribution < 1.29 is 19.1 Å². The van der Waals surface area contributed by atoms with Gasteiger partial charge in [-0.15, -0.1) is 24.8 Å². The molecule has 2 aliphatic heterocycles. The largest absolute Gasteiger partial charge is 0.373 e. The fourth-order valence-corrected chi connectivity index (χ4v) is 13.0. The molecule has 6 saturated carbocycles. The van der Waals surface area contributed by atoms with E-state index in [1.54, 1.807) is 12.4 Å². The number of hydrogen-bond donors (Lipinski definition) is 2. The molecule has 8 aliphatic rings. The van der Waals surface area contributed by atoms with Gasteiger partial charge in [0, 0.05) is 88.5 Å². The summed E-state index contributed by atoms with van der Waals surface area (Å²) in [7, 11) is 3.69. The van der Waals surface area contributed by atoms with Crippen LogP contribution in [0.5, 0.6) is 0 Å². The van der Waals surface area contributed by atoms with E-state index in [1.807, 2.05) is 38.5 Å². The van der Waals surface area contributed by atoms with Crippen LogP contribution in [0.3, 0.4) is 0 Å². The van der Waals surface area contributed by atoms with Crippen LogP contribution in [-0.4, -0.2) is 84.1 Å². The molecule has 296 valence electrons. The number of amides is 2. The molecule has 10 nitrogen and oxygen atoms in total. The Balaban J connectivity index is 0.000000161. The van der Waals surface area contributed by atoms with Gasteiger partial charge in [0.2, 0.25) is 0 Å². The Hall–Kier alpha value is -2.34. The molecule has 0 spiro atoms. The Kier molecular flexibility index (Phi) is 11.5. The normalized spacial score (nSPS) is 40.1. The quantitative estimate of drug-likeness (QED) is 0.336. The van der Waals surface area contributed by atoms with Crippen molar-refractivity contribution in [1.82, 2.24) is 19.8 Å². The number of hydrogen-bond acceptors (Lipinski definition) is 8. The summed E-state index contributed by atoms with van der Waals surface area (Å²) in [5.74, 6) is 5.04. The average Bonchev–Trinajstić information content (AvgIpc) is 3.99.